The second-order valence-electron chi connectivity index (χ2n) is 7.39. The molecule has 14 nitrogen and oxygen atoms in total. The molecule has 0 spiro atoms. The third-order valence-corrected chi connectivity index (χ3v) is 4.89. The Morgan fingerprint density at radius 3 is 2.34 bits per heavy atom. The Labute approximate surface area is 215 Å². The number of hydrogen-bond donors (Lipinski definition) is 2. The molecule has 0 saturated carbocycles. The molecule has 0 atom stereocenters. The molecule has 2 amide bonds. The van der Waals surface area contributed by atoms with E-state index in [1.807, 2.05) is 0 Å². The van der Waals surface area contributed by atoms with E-state index < -0.39 is 33.0 Å². The van der Waals surface area contributed by atoms with Crippen LogP contribution >= 0.6 is 0 Å². The first-order chi connectivity index (χ1) is 18.2. The fourth-order valence-electron chi connectivity index (χ4n) is 3.09. The lowest BCUT2D eigenvalue weighted by atomic mass is 10.2. The van der Waals surface area contributed by atoms with Crippen LogP contribution in [0.5, 0.6) is 23.0 Å². The molecule has 0 heterocycles. The van der Waals surface area contributed by atoms with E-state index in [4.69, 9.17) is 14.2 Å². The number of nitrogens with one attached hydrogen (secondary N) is 2. The molecule has 38 heavy (non-hydrogen) atoms. The third kappa shape index (κ3) is 7.00. The average molecular weight is 523 g/mol. The zero-order valence-corrected chi connectivity index (χ0v) is 20.1. The normalized spacial score (nSPS) is 10.5. The molecule has 0 aromatic heterocycles. The topological polar surface area (TPSA) is 185 Å². The van der Waals surface area contributed by atoms with E-state index in [1.165, 1.54) is 44.7 Å². The lowest BCUT2D eigenvalue weighted by molar-refractivity contribution is -0.394. The Balaban J connectivity index is 1.58. The van der Waals surface area contributed by atoms with Gasteiger partial charge >= 0.3 is 5.69 Å². The number of carbonyl (C=O) groups is 2. The molecule has 3 aromatic rings. The molecular weight excluding hydrogens is 502 g/mol. The fourth-order valence-corrected chi connectivity index (χ4v) is 3.09. The van der Waals surface area contributed by atoms with Gasteiger partial charge < -0.3 is 19.5 Å². The number of non-ortho nitro benzene ring substituents is 1. The van der Waals surface area contributed by atoms with Gasteiger partial charge in [0.25, 0.3) is 17.5 Å². The predicted octanol–water partition coefficient (Wildman–Crippen LogP) is 3.19. The van der Waals surface area contributed by atoms with Gasteiger partial charge in [0.05, 0.1) is 42.9 Å². The van der Waals surface area contributed by atoms with Gasteiger partial charge in [0.15, 0.2) is 11.5 Å². The van der Waals surface area contributed by atoms with Crippen LogP contribution in [0.4, 0.5) is 11.4 Å². The summed E-state index contributed by atoms with van der Waals surface area (Å²) in [6, 6.07) is 13.8. The molecule has 0 radical (unpaired) electrons. The number of carbonyl (C=O) groups excluding carboxylic acids is 2. The van der Waals surface area contributed by atoms with Crippen LogP contribution in [0.2, 0.25) is 0 Å². The Bertz CT molecular complexity index is 1410. The summed E-state index contributed by atoms with van der Waals surface area (Å²) in [6.45, 7) is -0.350. The SMILES string of the molecule is COc1ccc(C(=O)NCC(=O)N/N=C/c2cccc(Oc3ccc([N+](=O)[O-])cc3[N+](=O)[O-])c2)cc1OC. The maximum Gasteiger partial charge on any atom is 0.318 e. The van der Waals surface area contributed by atoms with Crippen molar-refractivity contribution in [2.45, 2.75) is 0 Å². The number of amides is 2. The van der Waals surface area contributed by atoms with Crippen LogP contribution in [0.15, 0.2) is 65.8 Å². The van der Waals surface area contributed by atoms with Crippen LogP contribution in [0.25, 0.3) is 0 Å². The minimum atomic E-state index is -0.785. The monoisotopic (exact) mass is 523 g/mol. The van der Waals surface area contributed by atoms with Crippen molar-refractivity contribution < 1.29 is 33.6 Å². The Hall–Kier alpha value is -5.53. The lowest BCUT2D eigenvalue weighted by Crippen LogP contribution is -2.34. The molecule has 0 unspecified atom stereocenters. The van der Waals surface area contributed by atoms with Gasteiger partial charge in [-0.1, -0.05) is 12.1 Å². The number of nitrogens with zero attached hydrogens (tertiary/aromatic N) is 3. The molecule has 0 aliphatic heterocycles. The summed E-state index contributed by atoms with van der Waals surface area (Å²) < 4.78 is 15.8. The van der Waals surface area contributed by atoms with Crippen molar-refractivity contribution in [2.75, 3.05) is 20.8 Å². The summed E-state index contributed by atoms with van der Waals surface area (Å²) in [4.78, 5) is 45.0. The van der Waals surface area contributed by atoms with E-state index in [0.717, 1.165) is 18.2 Å². The number of methoxy groups -OCH3 is 2. The van der Waals surface area contributed by atoms with E-state index in [0.29, 0.717) is 17.1 Å². The largest absolute Gasteiger partial charge is 0.493 e. The van der Waals surface area contributed by atoms with Crippen molar-refractivity contribution >= 4 is 29.4 Å². The van der Waals surface area contributed by atoms with Crippen molar-refractivity contribution in [1.29, 1.82) is 0 Å². The summed E-state index contributed by atoms with van der Waals surface area (Å²) in [5.41, 5.74) is 1.99. The highest BCUT2D eigenvalue weighted by atomic mass is 16.6. The van der Waals surface area contributed by atoms with Crippen LogP contribution < -0.4 is 25.0 Å². The summed E-state index contributed by atoms with van der Waals surface area (Å²) in [6.07, 6.45) is 1.30. The van der Waals surface area contributed by atoms with E-state index in [-0.39, 0.29) is 23.6 Å². The molecular formula is C24H21N5O9. The zero-order chi connectivity index (χ0) is 27.7. The molecule has 0 saturated heterocycles. The highest BCUT2D eigenvalue weighted by Crippen LogP contribution is 2.34. The summed E-state index contributed by atoms with van der Waals surface area (Å²) in [5, 5.41) is 28.5. The van der Waals surface area contributed by atoms with Crippen molar-refractivity contribution in [1.82, 2.24) is 10.7 Å². The van der Waals surface area contributed by atoms with Gasteiger partial charge in [0.1, 0.15) is 5.75 Å². The standard InChI is InChI=1S/C24H21N5O9/c1-36-21-8-6-16(11-22(21)37-2)24(31)25-14-23(30)27-26-13-15-4-3-5-18(10-15)38-20-9-7-17(28(32)33)12-19(20)29(34)35/h3-13H,14H2,1-2H3,(H,25,31)(H,27,30)/b26-13+. The summed E-state index contributed by atoms with van der Waals surface area (Å²) >= 11 is 0. The second-order valence-corrected chi connectivity index (χ2v) is 7.39. The first-order valence-corrected chi connectivity index (χ1v) is 10.7. The molecule has 0 fully saturated rings. The van der Waals surface area contributed by atoms with E-state index in [1.54, 1.807) is 18.2 Å². The number of rotatable bonds is 11. The summed E-state index contributed by atoms with van der Waals surface area (Å²) in [7, 11) is 2.91. The van der Waals surface area contributed by atoms with Crippen LogP contribution in [-0.4, -0.2) is 48.6 Å². The number of benzene rings is 3. The lowest BCUT2D eigenvalue weighted by Gasteiger charge is -2.09. The number of nitro groups is 2. The molecule has 14 heteroatoms. The minimum Gasteiger partial charge on any atom is -0.493 e. The number of ether oxygens (including phenoxy) is 3. The van der Waals surface area contributed by atoms with E-state index >= 15 is 0 Å². The second kappa shape index (κ2) is 12.4. The number of nitro benzene ring substituents is 2. The molecule has 0 aliphatic rings. The van der Waals surface area contributed by atoms with Gasteiger partial charge in [-0.25, -0.2) is 5.43 Å². The maximum atomic E-state index is 12.3. The van der Waals surface area contributed by atoms with E-state index in [9.17, 15) is 29.8 Å². The van der Waals surface area contributed by atoms with Crippen molar-refractivity contribution in [3.8, 4) is 23.0 Å². The first-order valence-electron chi connectivity index (χ1n) is 10.7. The molecule has 3 rings (SSSR count). The van der Waals surface area contributed by atoms with Gasteiger partial charge in [-0.05, 0) is 42.0 Å². The van der Waals surface area contributed by atoms with Gasteiger partial charge in [0, 0.05) is 11.6 Å². The Morgan fingerprint density at radius 1 is 0.921 bits per heavy atom. The average Bonchev–Trinajstić information content (AvgIpc) is 2.91. The van der Waals surface area contributed by atoms with Gasteiger partial charge in [-0.2, -0.15) is 5.10 Å². The van der Waals surface area contributed by atoms with E-state index in [2.05, 4.69) is 15.8 Å². The van der Waals surface area contributed by atoms with Gasteiger partial charge in [0.2, 0.25) is 5.75 Å². The number of hydrogen-bond acceptors (Lipinski definition) is 10. The maximum absolute atomic E-state index is 12.3. The molecule has 0 aliphatic carbocycles. The van der Waals surface area contributed by atoms with Crippen LogP contribution in [-0.2, 0) is 4.79 Å². The first kappa shape index (κ1) is 27.1. The van der Waals surface area contributed by atoms with Crippen molar-refractivity contribution in [2.24, 2.45) is 5.10 Å². The smallest absolute Gasteiger partial charge is 0.318 e. The Morgan fingerprint density at radius 2 is 1.66 bits per heavy atom. The summed E-state index contributed by atoms with van der Waals surface area (Å²) in [5.74, 6) is -0.271. The van der Waals surface area contributed by atoms with Gasteiger partial charge in [-0.3, -0.25) is 29.8 Å². The highest BCUT2D eigenvalue weighted by molar-refractivity contribution is 5.97. The molecule has 2 N–H and O–H groups in total. The molecule has 3 aromatic carbocycles. The molecule has 0 bridgehead atoms. The van der Waals surface area contributed by atoms with Gasteiger partial charge in [-0.15, -0.1) is 0 Å². The fraction of sp³-hybridized carbons (Fsp3) is 0.125. The van der Waals surface area contributed by atoms with Crippen LogP contribution in [0, 0.1) is 20.2 Å². The Kier molecular flexibility index (Phi) is 8.86. The van der Waals surface area contributed by atoms with Crippen molar-refractivity contribution in [3.05, 3.63) is 92.0 Å². The van der Waals surface area contributed by atoms with Crippen LogP contribution in [0.3, 0.4) is 0 Å². The quantitative estimate of drug-likeness (QED) is 0.216. The molecule has 196 valence electrons. The third-order valence-electron chi connectivity index (χ3n) is 4.89. The highest BCUT2D eigenvalue weighted by Gasteiger charge is 2.21. The van der Waals surface area contributed by atoms with Crippen molar-refractivity contribution in [3.63, 3.8) is 0 Å². The number of hydrazone groups is 1. The van der Waals surface area contributed by atoms with Crippen LogP contribution in [0.1, 0.15) is 15.9 Å². The minimum absolute atomic E-state index is 0.187. The zero-order valence-electron chi connectivity index (χ0n) is 20.1. The predicted molar refractivity (Wildman–Crippen MR) is 134 cm³/mol.